The number of rotatable bonds is 4. The van der Waals surface area contributed by atoms with Gasteiger partial charge in [-0.3, -0.25) is 4.79 Å². The van der Waals surface area contributed by atoms with Crippen LogP contribution in [0.3, 0.4) is 0 Å². The molecule has 0 aliphatic heterocycles. The summed E-state index contributed by atoms with van der Waals surface area (Å²) >= 11 is 0. The number of benzene rings is 1. The summed E-state index contributed by atoms with van der Waals surface area (Å²) in [7, 11) is 0. The number of halogens is 2. The van der Waals surface area contributed by atoms with Gasteiger partial charge in [-0.1, -0.05) is 6.92 Å². The highest BCUT2D eigenvalue weighted by atomic mass is 19.1. The minimum atomic E-state index is -0.830. The molecule has 0 aromatic heterocycles. The Morgan fingerprint density at radius 1 is 1.47 bits per heavy atom. The Labute approximate surface area is 87.1 Å². The molecule has 0 saturated carbocycles. The molecule has 1 aromatic carbocycles. The highest BCUT2D eigenvalue weighted by molar-refractivity contribution is 5.96. The third-order valence-corrected chi connectivity index (χ3v) is 2.20. The van der Waals surface area contributed by atoms with E-state index in [9.17, 15) is 13.6 Å². The average Bonchev–Trinajstić information content (AvgIpc) is 2.17. The zero-order chi connectivity index (χ0) is 11.4. The van der Waals surface area contributed by atoms with Crippen molar-refractivity contribution in [3.05, 3.63) is 35.4 Å². The summed E-state index contributed by atoms with van der Waals surface area (Å²) in [5.41, 5.74) is 5.48. The van der Waals surface area contributed by atoms with Crippen LogP contribution in [-0.2, 0) is 0 Å². The van der Waals surface area contributed by atoms with Gasteiger partial charge in [-0.25, -0.2) is 8.78 Å². The fourth-order valence-electron chi connectivity index (χ4n) is 1.21. The lowest BCUT2D eigenvalue weighted by Crippen LogP contribution is -2.23. The molecular weight excluding hydrogens is 200 g/mol. The normalized spacial score (nSPS) is 12.5. The van der Waals surface area contributed by atoms with Crippen molar-refractivity contribution in [1.82, 2.24) is 0 Å². The van der Waals surface area contributed by atoms with Gasteiger partial charge in [0.15, 0.2) is 5.78 Å². The van der Waals surface area contributed by atoms with Crippen LogP contribution in [0.1, 0.15) is 30.1 Å². The number of nitrogens with two attached hydrogens (primary N) is 1. The molecule has 0 radical (unpaired) electrons. The monoisotopic (exact) mass is 213 g/mol. The van der Waals surface area contributed by atoms with E-state index >= 15 is 0 Å². The molecule has 1 aromatic rings. The molecule has 15 heavy (non-hydrogen) atoms. The summed E-state index contributed by atoms with van der Waals surface area (Å²) < 4.78 is 25.7. The molecule has 1 rings (SSSR count). The van der Waals surface area contributed by atoms with Gasteiger partial charge in [0.2, 0.25) is 0 Å². The third kappa shape index (κ3) is 3.09. The minimum absolute atomic E-state index is 0.0824. The molecular formula is C11H13F2NO. The van der Waals surface area contributed by atoms with E-state index in [4.69, 9.17) is 5.73 Å². The van der Waals surface area contributed by atoms with E-state index in [0.29, 0.717) is 12.5 Å². The Morgan fingerprint density at radius 2 is 2.13 bits per heavy atom. The molecule has 2 N–H and O–H groups in total. The Morgan fingerprint density at radius 3 is 2.67 bits per heavy atom. The van der Waals surface area contributed by atoms with Crippen LogP contribution >= 0.6 is 0 Å². The maximum Gasteiger partial charge on any atom is 0.167 e. The van der Waals surface area contributed by atoms with E-state index in [1.54, 1.807) is 0 Å². The molecule has 4 heteroatoms. The second kappa shape index (κ2) is 4.98. The Kier molecular flexibility index (Phi) is 3.91. The van der Waals surface area contributed by atoms with Crippen molar-refractivity contribution in [2.45, 2.75) is 25.8 Å². The number of carbonyl (C=O) groups excluding carboxylic acids is 1. The number of hydrogen-bond acceptors (Lipinski definition) is 2. The molecule has 0 aliphatic carbocycles. The van der Waals surface area contributed by atoms with Gasteiger partial charge < -0.3 is 5.73 Å². The highest BCUT2D eigenvalue weighted by Gasteiger charge is 2.14. The van der Waals surface area contributed by atoms with Crippen molar-refractivity contribution >= 4 is 5.78 Å². The predicted octanol–water partition coefficient (Wildman–Crippen LogP) is 2.27. The number of carbonyl (C=O) groups is 1. The topological polar surface area (TPSA) is 43.1 Å². The average molecular weight is 213 g/mol. The first kappa shape index (κ1) is 11.8. The van der Waals surface area contributed by atoms with Crippen molar-refractivity contribution < 1.29 is 13.6 Å². The predicted molar refractivity (Wildman–Crippen MR) is 53.6 cm³/mol. The molecule has 1 unspecified atom stereocenters. The fraction of sp³-hybridized carbons (Fsp3) is 0.364. The van der Waals surface area contributed by atoms with Crippen LogP contribution in [0.5, 0.6) is 0 Å². The molecule has 0 heterocycles. The lowest BCUT2D eigenvalue weighted by atomic mass is 10.0. The number of Topliss-reactive ketones (excluding diaryl/α,β-unsaturated/α-hetero) is 1. The van der Waals surface area contributed by atoms with E-state index in [-0.39, 0.29) is 23.8 Å². The van der Waals surface area contributed by atoms with Crippen LogP contribution in [0.25, 0.3) is 0 Å². The van der Waals surface area contributed by atoms with Gasteiger partial charge in [0.05, 0.1) is 5.56 Å². The summed E-state index contributed by atoms with van der Waals surface area (Å²) in [5.74, 6) is -1.91. The standard InChI is InChI=1S/C11H13F2NO/c1-2-8(14)6-11(15)9-4-3-7(12)5-10(9)13/h3-5,8H,2,6,14H2,1H3. The van der Waals surface area contributed by atoms with Crippen LogP contribution in [0, 0.1) is 11.6 Å². The van der Waals surface area contributed by atoms with E-state index in [1.807, 2.05) is 6.92 Å². The Hall–Kier alpha value is -1.29. The van der Waals surface area contributed by atoms with E-state index < -0.39 is 11.6 Å². The number of ketones is 1. The lowest BCUT2D eigenvalue weighted by Gasteiger charge is -2.07. The maximum absolute atomic E-state index is 13.2. The van der Waals surface area contributed by atoms with Gasteiger partial charge in [0, 0.05) is 18.5 Å². The summed E-state index contributed by atoms with van der Waals surface area (Å²) in [6.45, 7) is 1.85. The SMILES string of the molecule is CCC(N)CC(=O)c1ccc(F)cc1F. The minimum Gasteiger partial charge on any atom is -0.327 e. The first-order valence-corrected chi connectivity index (χ1v) is 4.78. The van der Waals surface area contributed by atoms with Crippen LogP contribution in [-0.4, -0.2) is 11.8 Å². The summed E-state index contributed by atoms with van der Waals surface area (Å²) in [5, 5.41) is 0. The van der Waals surface area contributed by atoms with Crippen LogP contribution in [0.15, 0.2) is 18.2 Å². The van der Waals surface area contributed by atoms with Gasteiger partial charge >= 0.3 is 0 Å². The smallest absolute Gasteiger partial charge is 0.167 e. The van der Waals surface area contributed by atoms with Crippen LogP contribution < -0.4 is 5.73 Å². The molecule has 0 saturated heterocycles. The molecule has 82 valence electrons. The summed E-state index contributed by atoms with van der Waals surface area (Å²) in [6.07, 6.45) is 0.730. The largest absolute Gasteiger partial charge is 0.327 e. The van der Waals surface area contributed by atoms with E-state index in [1.165, 1.54) is 0 Å². The Bertz CT molecular complexity index is 366. The van der Waals surface area contributed by atoms with Gasteiger partial charge in [0.1, 0.15) is 11.6 Å². The third-order valence-electron chi connectivity index (χ3n) is 2.20. The second-order valence-electron chi connectivity index (χ2n) is 3.42. The molecule has 0 bridgehead atoms. The second-order valence-corrected chi connectivity index (χ2v) is 3.42. The zero-order valence-electron chi connectivity index (χ0n) is 8.47. The van der Waals surface area contributed by atoms with E-state index in [2.05, 4.69) is 0 Å². The molecule has 0 fully saturated rings. The summed E-state index contributed by atoms with van der Waals surface area (Å²) in [6, 6.07) is 2.63. The summed E-state index contributed by atoms with van der Waals surface area (Å²) in [4.78, 5) is 11.5. The van der Waals surface area contributed by atoms with Crippen LogP contribution in [0.2, 0.25) is 0 Å². The maximum atomic E-state index is 13.2. The van der Waals surface area contributed by atoms with E-state index in [0.717, 1.165) is 12.1 Å². The van der Waals surface area contributed by atoms with Gasteiger partial charge in [-0.05, 0) is 18.6 Å². The fourth-order valence-corrected chi connectivity index (χ4v) is 1.21. The first-order valence-electron chi connectivity index (χ1n) is 4.78. The van der Waals surface area contributed by atoms with Gasteiger partial charge in [0.25, 0.3) is 0 Å². The van der Waals surface area contributed by atoms with Crippen molar-refractivity contribution in [3.8, 4) is 0 Å². The molecule has 1 atom stereocenters. The van der Waals surface area contributed by atoms with Crippen LogP contribution in [0.4, 0.5) is 8.78 Å². The molecule has 2 nitrogen and oxygen atoms in total. The van der Waals surface area contributed by atoms with Crippen molar-refractivity contribution in [2.75, 3.05) is 0 Å². The van der Waals surface area contributed by atoms with Crippen molar-refractivity contribution in [3.63, 3.8) is 0 Å². The molecule has 0 amide bonds. The number of hydrogen-bond donors (Lipinski definition) is 1. The van der Waals surface area contributed by atoms with Gasteiger partial charge in [-0.15, -0.1) is 0 Å². The Balaban J connectivity index is 2.82. The molecule has 0 spiro atoms. The zero-order valence-corrected chi connectivity index (χ0v) is 8.47. The highest BCUT2D eigenvalue weighted by Crippen LogP contribution is 2.12. The first-order chi connectivity index (χ1) is 7.04. The lowest BCUT2D eigenvalue weighted by molar-refractivity contribution is 0.0970. The van der Waals surface area contributed by atoms with Gasteiger partial charge in [-0.2, -0.15) is 0 Å². The van der Waals surface area contributed by atoms with Crippen molar-refractivity contribution in [1.29, 1.82) is 0 Å². The molecule has 0 aliphatic rings. The quantitative estimate of drug-likeness (QED) is 0.779. The van der Waals surface area contributed by atoms with Crippen molar-refractivity contribution in [2.24, 2.45) is 5.73 Å².